The second kappa shape index (κ2) is 7.91. The number of aromatic nitrogens is 5. The van der Waals surface area contributed by atoms with Crippen molar-refractivity contribution >= 4 is 17.6 Å². The van der Waals surface area contributed by atoms with E-state index in [0.717, 1.165) is 54.9 Å². The summed E-state index contributed by atoms with van der Waals surface area (Å²) in [6.07, 6.45) is 8.34. The molecular weight excluding hydrogens is 368 g/mol. The van der Waals surface area contributed by atoms with E-state index in [2.05, 4.69) is 48.9 Å². The van der Waals surface area contributed by atoms with Crippen LogP contribution in [0.5, 0.6) is 0 Å². The second-order valence-corrected chi connectivity index (χ2v) is 8.50. The predicted molar refractivity (Wildman–Crippen MR) is 111 cm³/mol. The lowest BCUT2D eigenvalue weighted by Crippen LogP contribution is -2.36. The van der Waals surface area contributed by atoms with E-state index < -0.39 is 0 Å². The van der Waals surface area contributed by atoms with Crippen molar-refractivity contribution in [3.63, 3.8) is 0 Å². The summed E-state index contributed by atoms with van der Waals surface area (Å²) in [5, 5.41) is 9.89. The van der Waals surface area contributed by atoms with Gasteiger partial charge in [-0.15, -0.1) is 22.0 Å². The van der Waals surface area contributed by atoms with Gasteiger partial charge in [-0.1, -0.05) is 30.3 Å². The SMILES string of the molecule is c1ccc(CSc2cncc(N3CCCC(c4nnc5n4CCC5)C3)n2)cc1. The van der Waals surface area contributed by atoms with Gasteiger partial charge in [0.1, 0.15) is 22.5 Å². The largest absolute Gasteiger partial charge is 0.355 e. The molecule has 0 radical (unpaired) electrons. The molecule has 0 saturated carbocycles. The van der Waals surface area contributed by atoms with Crippen LogP contribution in [0.3, 0.4) is 0 Å². The Kier molecular flexibility index (Phi) is 4.99. The van der Waals surface area contributed by atoms with Crippen molar-refractivity contribution in [2.45, 2.75) is 48.9 Å². The van der Waals surface area contributed by atoms with Gasteiger partial charge in [0.2, 0.25) is 0 Å². The Morgan fingerprint density at radius 2 is 1.96 bits per heavy atom. The van der Waals surface area contributed by atoms with E-state index in [0.29, 0.717) is 5.92 Å². The first-order chi connectivity index (χ1) is 13.9. The molecule has 1 atom stereocenters. The Morgan fingerprint density at radius 3 is 2.89 bits per heavy atom. The van der Waals surface area contributed by atoms with Gasteiger partial charge in [0.05, 0.1) is 12.4 Å². The van der Waals surface area contributed by atoms with Gasteiger partial charge in [-0.3, -0.25) is 4.98 Å². The van der Waals surface area contributed by atoms with Crippen LogP contribution in [0.25, 0.3) is 0 Å². The summed E-state index contributed by atoms with van der Waals surface area (Å²) in [5.74, 6) is 4.64. The molecule has 1 saturated heterocycles. The number of fused-ring (bicyclic) bond motifs is 1. The Morgan fingerprint density at radius 1 is 1.04 bits per heavy atom. The monoisotopic (exact) mass is 392 g/mol. The minimum Gasteiger partial charge on any atom is -0.355 e. The Labute approximate surface area is 169 Å². The van der Waals surface area contributed by atoms with Crippen molar-refractivity contribution in [1.82, 2.24) is 24.7 Å². The second-order valence-electron chi connectivity index (χ2n) is 7.50. The molecule has 2 aliphatic rings. The summed E-state index contributed by atoms with van der Waals surface area (Å²) < 4.78 is 2.34. The molecule has 6 nitrogen and oxygen atoms in total. The zero-order valence-corrected chi connectivity index (χ0v) is 16.7. The number of nitrogens with zero attached hydrogens (tertiary/aromatic N) is 6. The maximum Gasteiger partial charge on any atom is 0.148 e. The molecule has 5 rings (SSSR count). The molecule has 2 aromatic heterocycles. The highest BCUT2D eigenvalue weighted by atomic mass is 32.2. The van der Waals surface area contributed by atoms with Crippen molar-refractivity contribution in [2.24, 2.45) is 0 Å². The lowest BCUT2D eigenvalue weighted by Gasteiger charge is -2.33. The van der Waals surface area contributed by atoms with Crippen molar-refractivity contribution in [2.75, 3.05) is 18.0 Å². The molecule has 0 amide bonds. The molecule has 28 heavy (non-hydrogen) atoms. The van der Waals surface area contributed by atoms with Crippen molar-refractivity contribution < 1.29 is 0 Å². The Bertz CT molecular complexity index is 941. The van der Waals surface area contributed by atoms with E-state index in [1.807, 2.05) is 18.5 Å². The Balaban J connectivity index is 1.29. The number of rotatable bonds is 5. The fraction of sp³-hybridized carbons (Fsp3) is 0.429. The molecular formula is C21H24N6S. The van der Waals surface area contributed by atoms with Gasteiger partial charge in [0.25, 0.3) is 0 Å². The first-order valence-electron chi connectivity index (χ1n) is 10.0. The highest BCUT2D eigenvalue weighted by Crippen LogP contribution is 2.31. The van der Waals surface area contributed by atoms with Gasteiger partial charge in [0, 0.05) is 37.7 Å². The number of benzene rings is 1. The number of aryl methyl sites for hydroxylation is 1. The summed E-state index contributed by atoms with van der Waals surface area (Å²) >= 11 is 1.74. The highest BCUT2D eigenvalue weighted by Gasteiger charge is 2.29. The maximum absolute atomic E-state index is 4.88. The van der Waals surface area contributed by atoms with Gasteiger partial charge in [-0.25, -0.2) is 4.98 Å². The third kappa shape index (κ3) is 3.63. The van der Waals surface area contributed by atoms with E-state index in [4.69, 9.17) is 4.98 Å². The van der Waals surface area contributed by atoms with Crippen molar-refractivity contribution in [1.29, 1.82) is 0 Å². The van der Waals surface area contributed by atoms with Crippen LogP contribution in [0.4, 0.5) is 5.82 Å². The Hall–Kier alpha value is -2.41. The topological polar surface area (TPSA) is 59.7 Å². The van der Waals surface area contributed by atoms with Crippen LogP contribution in [0.2, 0.25) is 0 Å². The molecule has 144 valence electrons. The zero-order chi connectivity index (χ0) is 18.8. The summed E-state index contributed by atoms with van der Waals surface area (Å²) in [6.45, 7) is 3.04. The molecule has 4 heterocycles. The van der Waals surface area contributed by atoms with E-state index in [9.17, 15) is 0 Å². The van der Waals surface area contributed by atoms with Crippen LogP contribution in [0.1, 0.15) is 42.4 Å². The molecule has 0 spiro atoms. The molecule has 0 N–H and O–H groups in total. The van der Waals surface area contributed by atoms with Crippen LogP contribution in [0.15, 0.2) is 47.8 Å². The smallest absolute Gasteiger partial charge is 0.148 e. The lowest BCUT2D eigenvalue weighted by atomic mass is 9.97. The number of anilines is 1. The number of hydrogen-bond acceptors (Lipinski definition) is 6. The van der Waals surface area contributed by atoms with Gasteiger partial charge < -0.3 is 9.47 Å². The summed E-state index contributed by atoms with van der Waals surface area (Å²) in [4.78, 5) is 11.7. The average Bonchev–Trinajstić information content (AvgIpc) is 3.37. The van der Waals surface area contributed by atoms with Crippen molar-refractivity contribution in [3.8, 4) is 0 Å². The number of hydrogen-bond donors (Lipinski definition) is 0. The van der Waals surface area contributed by atoms with E-state index >= 15 is 0 Å². The minimum absolute atomic E-state index is 0.426. The fourth-order valence-electron chi connectivity index (χ4n) is 4.16. The molecule has 1 unspecified atom stereocenters. The molecule has 1 aromatic carbocycles. The summed E-state index contributed by atoms with van der Waals surface area (Å²) in [7, 11) is 0. The molecule has 1 fully saturated rings. The third-order valence-corrected chi connectivity index (χ3v) is 6.55. The van der Waals surface area contributed by atoms with Crippen LogP contribution >= 0.6 is 11.8 Å². The fourth-order valence-corrected chi connectivity index (χ4v) is 4.96. The first-order valence-corrected chi connectivity index (χ1v) is 11.0. The molecule has 0 bridgehead atoms. The standard InChI is InChI=1S/C21H24N6S/c1-2-6-16(7-3-1)15-28-20-13-22-12-19(23-20)26-10-4-8-17(14-26)21-25-24-18-9-5-11-27(18)21/h1-3,6-7,12-13,17H,4-5,8-11,14-15H2. The van der Waals surface area contributed by atoms with Crippen LogP contribution in [-0.4, -0.2) is 37.8 Å². The third-order valence-electron chi connectivity index (χ3n) is 5.58. The van der Waals surface area contributed by atoms with E-state index in [1.54, 1.807) is 11.8 Å². The van der Waals surface area contributed by atoms with E-state index in [1.165, 1.54) is 24.2 Å². The van der Waals surface area contributed by atoms with Gasteiger partial charge in [0.15, 0.2) is 0 Å². The molecule has 0 aliphatic carbocycles. The molecule has 3 aromatic rings. The number of piperidine rings is 1. The van der Waals surface area contributed by atoms with Crippen LogP contribution in [0, 0.1) is 0 Å². The normalized spacial score (nSPS) is 19.0. The minimum atomic E-state index is 0.426. The van der Waals surface area contributed by atoms with Gasteiger partial charge in [-0.2, -0.15) is 0 Å². The quantitative estimate of drug-likeness (QED) is 0.617. The molecule has 7 heteroatoms. The number of thioether (sulfide) groups is 1. The van der Waals surface area contributed by atoms with Crippen molar-refractivity contribution in [3.05, 3.63) is 59.9 Å². The average molecular weight is 393 g/mol. The summed E-state index contributed by atoms with van der Waals surface area (Å²) in [5.41, 5.74) is 1.30. The first kappa shape index (κ1) is 17.7. The van der Waals surface area contributed by atoms with Crippen LogP contribution in [-0.2, 0) is 18.7 Å². The molecule has 2 aliphatic heterocycles. The van der Waals surface area contributed by atoms with Crippen LogP contribution < -0.4 is 4.90 Å². The summed E-state index contributed by atoms with van der Waals surface area (Å²) in [6, 6.07) is 10.5. The zero-order valence-electron chi connectivity index (χ0n) is 15.9. The van der Waals surface area contributed by atoms with Gasteiger partial charge in [-0.05, 0) is 24.8 Å². The maximum atomic E-state index is 4.88. The van der Waals surface area contributed by atoms with Gasteiger partial charge >= 0.3 is 0 Å². The van der Waals surface area contributed by atoms with E-state index in [-0.39, 0.29) is 0 Å². The highest BCUT2D eigenvalue weighted by molar-refractivity contribution is 7.98. The predicted octanol–water partition coefficient (Wildman–Crippen LogP) is 3.69. The lowest BCUT2D eigenvalue weighted by molar-refractivity contribution is 0.470.